The lowest BCUT2D eigenvalue weighted by atomic mass is 10.1. The van der Waals surface area contributed by atoms with E-state index in [9.17, 15) is 0 Å². The van der Waals surface area contributed by atoms with Crippen molar-refractivity contribution in [2.24, 2.45) is 0 Å². The molecule has 0 aliphatic carbocycles. The minimum Gasteiger partial charge on any atom is -0.234 e. The van der Waals surface area contributed by atoms with Gasteiger partial charge < -0.3 is 0 Å². The third-order valence-corrected chi connectivity index (χ3v) is 4.80. The van der Waals surface area contributed by atoms with Crippen molar-refractivity contribution in [3.8, 4) is 0 Å². The maximum absolute atomic E-state index is 2.49. The highest BCUT2D eigenvalue weighted by Gasteiger charge is 2.18. The fourth-order valence-electron chi connectivity index (χ4n) is 3.40. The number of imidazole rings is 1. The number of hydrogen-bond donors (Lipinski definition) is 0. The zero-order valence-electron chi connectivity index (χ0n) is 15.9. The third-order valence-electron chi connectivity index (χ3n) is 4.80. The molecule has 1 aromatic heterocycles. The van der Waals surface area contributed by atoms with Crippen LogP contribution in [0.3, 0.4) is 0 Å². The van der Waals surface area contributed by atoms with E-state index in [1.54, 1.807) is 0 Å². The van der Waals surface area contributed by atoms with Crippen molar-refractivity contribution in [3.63, 3.8) is 0 Å². The van der Waals surface area contributed by atoms with E-state index in [4.69, 9.17) is 0 Å². The summed E-state index contributed by atoms with van der Waals surface area (Å²) in [5, 5.41) is 0. The van der Waals surface area contributed by atoms with Gasteiger partial charge in [-0.05, 0) is 38.7 Å². The van der Waals surface area contributed by atoms with Gasteiger partial charge in [-0.3, -0.25) is 0 Å². The standard InChI is InChI=1S/C22H35N2/c1-4-5-6-7-11-16-22-23(18-19-24(22)20(2)3)17-12-15-21-13-9-8-10-14-21/h8-10,13-14,18-20H,4-7,11-12,15-17H2,1-3H3/q+1. The second-order valence-electron chi connectivity index (χ2n) is 7.16. The smallest absolute Gasteiger partial charge is 0.234 e. The average molecular weight is 328 g/mol. The fourth-order valence-corrected chi connectivity index (χ4v) is 3.40. The summed E-state index contributed by atoms with van der Waals surface area (Å²) in [4.78, 5) is 0. The highest BCUT2D eigenvalue weighted by molar-refractivity contribution is 5.14. The van der Waals surface area contributed by atoms with E-state index in [-0.39, 0.29) is 0 Å². The molecule has 0 unspecified atom stereocenters. The van der Waals surface area contributed by atoms with Crippen LogP contribution in [0.15, 0.2) is 42.7 Å². The largest absolute Gasteiger partial charge is 0.256 e. The third kappa shape index (κ3) is 5.81. The minimum atomic E-state index is 0.547. The Kier molecular flexibility index (Phi) is 8.07. The Labute approximate surface area is 148 Å². The van der Waals surface area contributed by atoms with Gasteiger partial charge in [0, 0.05) is 6.42 Å². The SMILES string of the molecule is CCCCCCCc1n(C(C)C)cc[n+]1CCCc1ccccc1. The van der Waals surface area contributed by atoms with Crippen molar-refractivity contribution in [2.75, 3.05) is 0 Å². The zero-order valence-corrected chi connectivity index (χ0v) is 15.9. The van der Waals surface area contributed by atoms with Crippen molar-refractivity contribution in [1.82, 2.24) is 4.57 Å². The fraction of sp³-hybridized carbons (Fsp3) is 0.591. The molecule has 1 aromatic carbocycles. The van der Waals surface area contributed by atoms with Gasteiger partial charge in [0.1, 0.15) is 12.4 Å². The molecule has 0 atom stereocenters. The molecule has 2 aromatic rings. The summed E-state index contributed by atoms with van der Waals surface area (Å²) in [6, 6.07) is 11.4. The summed E-state index contributed by atoms with van der Waals surface area (Å²) >= 11 is 0. The van der Waals surface area contributed by atoms with Crippen LogP contribution in [0.1, 0.15) is 76.7 Å². The molecule has 2 rings (SSSR count). The minimum absolute atomic E-state index is 0.547. The molecule has 0 saturated carbocycles. The van der Waals surface area contributed by atoms with Gasteiger partial charge in [-0.1, -0.05) is 62.9 Å². The number of rotatable bonds is 11. The molecule has 0 spiro atoms. The van der Waals surface area contributed by atoms with E-state index in [0.29, 0.717) is 6.04 Å². The second-order valence-corrected chi connectivity index (χ2v) is 7.16. The Morgan fingerprint density at radius 2 is 1.67 bits per heavy atom. The number of unbranched alkanes of at least 4 members (excludes halogenated alkanes) is 4. The number of hydrogen-bond acceptors (Lipinski definition) is 0. The van der Waals surface area contributed by atoms with Crippen LogP contribution in [-0.4, -0.2) is 4.57 Å². The molecule has 0 aliphatic heterocycles. The number of benzene rings is 1. The topological polar surface area (TPSA) is 8.81 Å². The molecular weight excluding hydrogens is 292 g/mol. The molecular formula is C22H35N2+. The van der Waals surface area contributed by atoms with E-state index in [1.807, 2.05) is 0 Å². The van der Waals surface area contributed by atoms with Crippen LogP contribution in [-0.2, 0) is 19.4 Å². The molecule has 0 N–H and O–H groups in total. The molecule has 24 heavy (non-hydrogen) atoms. The monoisotopic (exact) mass is 327 g/mol. The first-order valence-corrected chi connectivity index (χ1v) is 9.85. The molecule has 2 heteroatoms. The van der Waals surface area contributed by atoms with Crippen LogP contribution in [0.4, 0.5) is 0 Å². The van der Waals surface area contributed by atoms with Crippen LogP contribution in [0, 0.1) is 0 Å². The molecule has 0 aliphatic rings. The van der Waals surface area contributed by atoms with Gasteiger partial charge >= 0.3 is 0 Å². The molecule has 0 radical (unpaired) electrons. The van der Waals surface area contributed by atoms with E-state index in [2.05, 4.69) is 72.6 Å². The Bertz CT molecular complexity index is 569. The Balaban J connectivity index is 1.90. The molecule has 2 nitrogen and oxygen atoms in total. The summed E-state index contributed by atoms with van der Waals surface area (Å²) in [6.45, 7) is 7.98. The lowest BCUT2D eigenvalue weighted by Gasteiger charge is -2.08. The predicted octanol–water partition coefficient (Wildman–Crippen LogP) is 5.50. The van der Waals surface area contributed by atoms with E-state index < -0.39 is 0 Å². The average Bonchev–Trinajstić information content (AvgIpc) is 2.99. The molecule has 0 fully saturated rings. The Hall–Kier alpha value is -1.57. The molecule has 0 saturated heterocycles. The number of nitrogens with zero attached hydrogens (tertiary/aromatic N) is 2. The van der Waals surface area contributed by atoms with Gasteiger partial charge in [0.05, 0.1) is 12.6 Å². The molecule has 0 bridgehead atoms. The molecule has 0 amide bonds. The molecule has 132 valence electrons. The lowest BCUT2D eigenvalue weighted by molar-refractivity contribution is -0.704. The van der Waals surface area contributed by atoms with Gasteiger partial charge in [0.25, 0.3) is 5.82 Å². The summed E-state index contributed by atoms with van der Waals surface area (Å²) in [5.41, 5.74) is 1.45. The van der Waals surface area contributed by atoms with E-state index in [0.717, 1.165) is 13.0 Å². The predicted molar refractivity (Wildman–Crippen MR) is 102 cm³/mol. The van der Waals surface area contributed by atoms with Crippen LogP contribution in [0.2, 0.25) is 0 Å². The quantitative estimate of drug-likeness (QED) is 0.380. The first kappa shape index (κ1) is 18.8. The van der Waals surface area contributed by atoms with Crippen molar-refractivity contribution >= 4 is 0 Å². The maximum Gasteiger partial charge on any atom is 0.256 e. The first-order valence-electron chi connectivity index (χ1n) is 9.85. The number of aryl methyl sites for hydroxylation is 2. The summed E-state index contributed by atoms with van der Waals surface area (Å²) in [6.07, 6.45) is 14.9. The van der Waals surface area contributed by atoms with Gasteiger partial charge in [0.15, 0.2) is 0 Å². The first-order chi connectivity index (χ1) is 11.7. The highest BCUT2D eigenvalue weighted by atomic mass is 15.2. The highest BCUT2D eigenvalue weighted by Crippen LogP contribution is 2.12. The van der Waals surface area contributed by atoms with Crippen LogP contribution in [0.25, 0.3) is 0 Å². The van der Waals surface area contributed by atoms with Crippen molar-refractivity contribution < 1.29 is 4.57 Å². The van der Waals surface area contributed by atoms with Gasteiger partial charge in [-0.2, -0.15) is 0 Å². The van der Waals surface area contributed by atoms with Gasteiger partial charge in [0.2, 0.25) is 0 Å². The van der Waals surface area contributed by atoms with Crippen LogP contribution >= 0.6 is 0 Å². The lowest BCUT2D eigenvalue weighted by Crippen LogP contribution is -2.37. The Morgan fingerprint density at radius 3 is 2.38 bits per heavy atom. The van der Waals surface area contributed by atoms with E-state index >= 15 is 0 Å². The summed E-state index contributed by atoms with van der Waals surface area (Å²) in [5.74, 6) is 1.51. The zero-order chi connectivity index (χ0) is 17.2. The van der Waals surface area contributed by atoms with Crippen LogP contribution < -0.4 is 4.57 Å². The normalized spacial score (nSPS) is 11.3. The second kappa shape index (κ2) is 10.3. The Morgan fingerprint density at radius 1 is 0.917 bits per heavy atom. The van der Waals surface area contributed by atoms with E-state index in [1.165, 1.54) is 56.3 Å². The summed E-state index contributed by atoms with van der Waals surface area (Å²) in [7, 11) is 0. The van der Waals surface area contributed by atoms with Crippen molar-refractivity contribution in [3.05, 3.63) is 54.1 Å². The van der Waals surface area contributed by atoms with Crippen molar-refractivity contribution in [1.29, 1.82) is 0 Å². The van der Waals surface area contributed by atoms with Crippen LogP contribution in [0.5, 0.6) is 0 Å². The number of aromatic nitrogens is 2. The van der Waals surface area contributed by atoms with Gasteiger partial charge in [-0.25, -0.2) is 9.13 Å². The molecule has 1 heterocycles. The maximum atomic E-state index is 2.49. The van der Waals surface area contributed by atoms with Crippen molar-refractivity contribution in [2.45, 2.75) is 84.7 Å². The summed E-state index contributed by atoms with van der Waals surface area (Å²) < 4.78 is 4.95. The van der Waals surface area contributed by atoms with Gasteiger partial charge in [-0.15, -0.1) is 0 Å².